The van der Waals surface area contributed by atoms with Crippen molar-refractivity contribution < 1.29 is 23.8 Å². The number of carboxylic acid groups (broad SMARTS) is 1. The van der Waals surface area contributed by atoms with Gasteiger partial charge in [-0.3, -0.25) is 10.1 Å². The first-order valence-corrected chi connectivity index (χ1v) is 13.2. The van der Waals surface area contributed by atoms with Crippen LogP contribution in [0.15, 0.2) is 95.5 Å². The molecule has 0 unspecified atom stereocenters. The summed E-state index contributed by atoms with van der Waals surface area (Å²) in [4.78, 5) is 29.0. The molecule has 1 atom stereocenters. The molecule has 2 aromatic heterocycles. The number of carboxylic acids is 1. The standard InChI is InChI=1S/C33H28N2O5/c1-20-18-27-28(35-32(38)39-21(2)22-6-4-3-5-7-22)29(40-30(27)34-19-20)25-10-8-23(9-11-25)24-12-14-26(15-13-24)33(16-17-33)31(36)37/h3-15,18-19,21H,16-17H2,1-2H3,(H,35,38)(H,36,37)/t21-/m1/s1. The van der Waals surface area contributed by atoms with E-state index in [0.29, 0.717) is 35.4 Å². The van der Waals surface area contributed by atoms with Gasteiger partial charge in [0.05, 0.1) is 10.8 Å². The Bertz CT molecular complexity index is 1700. The van der Waals surface area contributed by atoms with Gasteiger partial charge in [0, 0.05) is 11.8 Å². The van der Waals surface area contributed by atoms with Crippen molar-refractivity contribution in [3.63, 3.8) is 0 Å². The fraction of sp³-hybridized carbons (Fsp3) is 0.182. The number of aromatic nitrogens is 1. The van der Waals surface area contributed by atoms with Crippen molar-refractivity contribution in [3.8, 4) is 22.5 Å². The van der Waals surface area contributed by atoms with Gasteiger partial charge < -0.3 is 14.3 Å². The molecule has 200 valence electrons. The van der Waals surface area contributed by atoms with E-state index in [9.17, 15) is 14.7 Å². The fourth-order valence-electron chi connectivity index (χ4n) is 5.05. The molecule has 1 aliphatic rings. The summed E-state index contributed by atoms with van der Waals surface area (Å²) in [5.74, 6) is -0.278. The number of nitrogens with one attached hydrogen (secondary N) is 1. The van der Waals surface area contributed by atoms with Gasteiger partial charge in [-0.25, -0.2) is 9.78 Å². The summed E-state index contributed by atoms with van der Waals surface area (Å²) in [5.41, 5.74) is 5.59. The largest absolute Gasteiger partial charge is 0.481 e. The van der Waals surface area contributed by atoms with E-state index >= 15 is 0 Å². The highest BCUT2D eigenvalue weighted by molar-refractivity contribution is 6.04. The normalized spacial score (nSPS) is 14.4. The summed E-state index contributed by atoms with van der Waals surface area (Å²) in [6.07, 6.45) is 2.05. The molecule has 3 aromatic carbocycles. The number of hydrogen-bond donors (Lipinski definition) is 2. The van der Waals surface area contributed by atoms with Crippen molar-refractivity contribution in [1.29, 1.82) is 0 Å². The second-order valence-corrected chi connectivity index (χ2v) is 10.3. The molecule has 40 heavy (non-hydrogen) atoms. The zero-order chi connectivity index (χ0) is 27.9. The molecule has 0 spiro atoms. The van der Waals surface area contributed by atoms with Crippen LogP contribution in [-0.2, 0) is 14.9 Å². The van der Waals surface area contributed by atoms with E-state index in [1.807, 2.05) is 98.8 Å². The SMILES string of the molecule is Cc1cnc2oc(-c3ccc(-c4ccc(C5(C(=O)O)CC5)cc4)cc3)c(NC(=O)O[C@H](C)c3ccccc3)c2c1. The number of benzene rings is 3. The zero-order valence-electron chi connectivity index (χ0n) is 22.2. The van der Waals surface area contributed by atoms with Gasteiger partial charge in [0.25, 0.3) is 0 Å². The first-order chi connectivity index (χ1) is 19.3. The van der Waals surface area contributed by atoms with Crippen LogP contribution in [0.25, 0.3) is 33.6 Å². The molecule has 2 N–H and O–H groups in total. The number of amides is 1. The summed E-state index contributed by atoms with van der Waals surface area (Å²) in [5, 5.41) is 13.2. The average Bonchev–Trinajstić information content (AvgIpc) is 3.72. The van der Waals surface area contributed by atoms with Crippen LogP contribution in [-0.4, -0.2) is 22.2 Å². The number of furan rings is 1. The summed E-state index contributed by atoms with van der Waals surface area (Å²) in [6.45, 7) is 3.76. The average molecular weight is 533 g/mol. The summed E-state index contributed by atoms with van der Waals surface area (Å²) in [7, 11) is 0. The Morgan fingerprint density at radius 2 is 1.57 bits per heavy atom. The summed E-state index contributed by atoms with van der Waals surface area (Å²) >= 11 is 0. The van der Waals surface area contributed by atoms with Gasteiger partial charge in [0.15, 0.2) is 5.76 Å². The number of anilines is 1. The van der Waals surface area contributed by atoms with Gasteiger partial charge in [0.2, 0.25) is 5.71 Å². The van der Waals surface area contributed by atoms with E-state index in [0.717, 1.165) is 33.4 Å². The highest BCUT2D eigenvalue weighted by Crippen LogP contribution is 2.48. The number of hydrogen-bond acceptors (Lipinski definition) is 5. The monoisotopic (exact) mass is 532 g/mol. The number of nitrogens with zero attached hydrogens (tertiary/aromatic N) is 1. The van der Waals surface area contributed by atoms with Crippen LogP contribution in [0.1, 0.15) is 42.6 Å². The molecule has 7 nitrogen and oxygen atoms in total. The lowest BCUT2D eigenvalue weighted by molar-refractivity contribution is -0.140. The van der Waals surface area contributed by atoms with E-state index in [1.165, 1.54) is 0 Å². The maximum absolute atomic E-state index is 13.0. The van der Waals surface area contributed by atoms with Gasteiger partial charge in [-0.05, 0) is 60.6 Å². The molecule has 7 heteroatoms. The second-order valence-electron chi connectivity index (χ2n) is 10.3. The quantitative estimate of drug-likeness (QED) is 0.221. The van der Waals surface area contributed by atoms with Crippen molar-refractivity contribution in [2.24, 2.45) is 0 Å². The van der Waals surface area contributed by atoms with Crippen LogP contribution >= 0.6 is 0 Å². The Morgan fingerprint density at radius 1 is 0.950 bits per heavy atom. The maximum atomic E-state index is 13.0. The Hall–Kier alpha value is -4.91. The molecule has 1 amide bonds. The summed E-state index contributed by atoms with van der Waals surface area (Å²) < 4.78 is 11.8. The number of aliphatic carboxylic acids is 1. The van der Waals surface area contributed by atoms with E-state index in [2.05, 4.69) is 10.3 Å². The molecule has 0 radical (unpaired) electrons. The second kappa shape index (κ2) is 10.0. The predicted molar refractivity (Wildman–Crippen MR) is 153 cm³/mol. The van der Waals surface area contributed by atoms with Gasteiger partial charge in [-0.1, -0.05) is 78.9 Å². The molecule has 6 rings (SSSR count). The molecule has 0 bridgehead atoms. The maximum Gasteiger partial charge on any atom is 0.412 e. The number of ether oxygens (including phenoxy) is 1. The smallest absolute Gasteiger partial charge is 0.412 e. The van der Waals surface area contributed by atoms with Crippen molar-refractivity contribution in [2.75, 3.05) is 5.32 Å². The van der Waals surface area contributed by atoms with Crippen molar-refractivity contribution >= 4 is 28.8 Å². The van der Waals surface area contributed by atoms with E-state index in [4.69, 9.17) is 9.15 Å². The Balaban J connectivity index is 1.27. The van der Waals surface area contributed by atoms with Crippen LogP contribution in [0.3, 0.4) is 0 Å². The van der Waals surface area contributed by atoms with Crippen LogP contribution in [0.5, 0.6) is 0 Å². The zero-order valence-corrected chi connectivity index (χ0v) is 22.2. The number of pyridine rings is 1. The van der Waals surface area contributed by atoms with Gasteiger partial charge in [0.1, 0.15) is 11.8 Å². The van der Waals surface area contributed by atoms with Crippen LogP contribution in [0.4, 0.5) is 10.5 Å². The van der Waals surface area contributed by atoms with Crippen LogP contribution in [0.2, 0.25) is 0 Å². The van der Waals surface area contributed by atoms with E-state index in [-0.39, 0.29) is 0 Å². The lowest BCUT2D eigenvalue weighted by Gasteiger charge is -2.14. The summed E-state index contributed by atoms with van der Waals surface area (Å²) in [6, 6.07) is 27.0. The van der Waals surface area contributed by atoms with E-state index < -0.39 is 23.6 Å². The highest BCUT2D eigenvalue weighted by Gasteiger charge is 2.51. The lowest BCUT2D eigenvalue weighted by Crippen LogP contribution is -2.19. The molecule has 0 aliphatic heterocycles. The lowest BCUT2D eigenvalue weighted by atomic mass is 9.93. The van der Waals surface area contributed by atoms with Gasteiger partial charge >= 0.3 is 12.1 Å². The fourth-order valence-corrected chi connectivity index (χ4v) is 5.05. The minimum atomic E-state index is -0.761. The molecule has 1 fully saturated rings. The number of carbonyl (C=O) groups is 2. The first kappa shape index (κ1) is 25.4. The molecule has 2 heterocycles. The highest BCUT2D eigenvalue weighted by atomic mass is 16.6. The minimum Gasteiger partial charge on any atom is -0.481 e. The predicted octanol–water partition coefficient (Wildman–Crippen LogP) is 7.90. The molecule has 1 saturated carbocycles. The van der Waals surface area contributed by atoms with Crippen molar-refractivity contribution in [2.45, 2.75) is 38.2 Å². The van der Waals surface area contributed by atoms with Crippen molar-refractivity contribution in [1.82, 2.24) is 4.98 Å². The third-order valence-corrected chi connectivity index (χ3v) is 7.54. The van der Waals surface area contributed by atoms with Gasteiger partial charge in [-0.2, -0.15) is 0 Å². The first-order valence-electron chi connectivity index (χ1n) is 13.2. The molecule has 0 saturated heterocycles. The Kier molecular flexibility index (Phi) is 6.34. The molecular formula is C33H28N2O5. The third kappa shape index (κ3) is 4.71. The third-order valence-electron chi connectivity index (χ3n) is 7.54. The molecule has 1 aliphatic carbocycles. The van der Waals surface area contributed by atoms with Gasteiger partial charge in [-0.15, -0.1) is 0 Å². The Labute approximate surface area is 231 Å². The number of carbonyl (C=O) groups excluding carboxylic acids is 1. The molecular weight excluding hydrogens is 504 g/mol. The minimum absolute atomic E-state index is 0.416. The van der Waals surface area contributed by atoms with Crippen molar-refractivity contribution in [3.05, 3.63) is 108 Å². The molecule has 5 aromatic rings. The van der Waals surface area contributed by atoms with E-state index in [1.54, 1.807) is 6.20 Å². The number of fused-ring (bicyclic) bond motifs is 1. The Morgan fingerprint density at radius 3 is 2.20 bits per heavy atom. The van der Waals surface area contributed by atoms with Crippen LogP contribution in [0, 0.1) is 6.92 Å². The number of aryl methyl sites for hydroxylation is 1. The topological polar surface area (TPSA) is 102 Å². The number of rotatable bonds is 7. The van der Waals surface area contributed by atoms with Crippen LogP contribution < -0.4 is 5.32 Å².